The van der Waals surface area contributed by atoms with Gasteiger partial charge in [0.1, 0.15) is 5.82 Å². The van der Waals surface area contributed by atoms with Gasteiger partial charge in [-0.3, -0.25) is 14.5 Å². The maximum atomic E-state index is 13.0. The molecule has 3 aromatic rings. The highest BCUT2D eigenvalue weighted by molar-refractivity contribution is 5.78. The predicted octanol–water partition coefficient (Wildman–Crippen LogP) is 3.49. The second-order valence-corrected chi connectivity index (χ2v) is 7.87. The third kappa shape index (κ3) is 5.13. The summed E-state index contributed by atoms with van der Waals surface area (Å²) in [6, 6.07) is 15.6. The van der Waals surface area contributed by atoms with E-state index < -0.39 is 0 Å². The summed E-state index contributed by atoms with van der Waals surface area (Å²) in [7, 11) is 1.83. The Balaban J connectivity index is 1.75. The van der Waals surface area contributed by atoms with E-state index in [1.807, 2.05) is 37.4 Å². The molecule has 0 radical (unpaired) electrons. The molecule has 2 aromatic carbocycles. The summed E-state index contributed by atoms with van der Waals surface area (Å²) < 4.78 is 0. The maximum Gasteiger partial charge on any atom is 0.258 e. The molecular formula is C24H30N4O2. The minimum Gasteiger partial charge on any atom is -0.340 e. The number of aromatic amines is 1. The average molecular weight is 407 g/mol. The van der Waals surface area contributed by atoms with Crippen LogP contribution in [0.15, 0.2) is 53.3 Å². The van der Waals surface area contributed by atoms with Crippen molar-refractivity contribution in [3.8, 4) is 0 Å². The van der Waals surface area contributed by atoms with Crippen molar-refractivity contribution < 1.29 is 4.79 Å². The van der Waals surface area contributed by atoms with Crippen LogP contribution in [0.25, 0.3) is 10.9 Å². The highest BCUT2D eigenvalue weighted by Gasteiger charge is 2.20. The zero-order valence-electron chi connectivity index (χ0n) is 18.2. The van der Waals surface area contributed by atoms with Crippen molar-refractivity contribution in [3.05, 3.63) is 75.8 Å². The molecule has 0 saturated heterocycles. The Hall–Kier alpha value is -2.99. The number of aryl methyl sites for hydroxylation is 1. The predicted molar refractivity (Wildman–Crippen MR) is 120 cm³/mol. The van der Waals surface area contributed by atoms with Crippen LogP contribution >= 0.6 is 0 Å². The lowest BCUT2D eigenvalue weighted by atomic mass is 10.1. The lowest BCUT2D eigenvalue weighted by molar-refractivity contribution is -0.132. The van der Waals surface area contributed by atoms with Gasteiger partial charge < -0.3 is 9.88 Å². The number of amides is 1. The van der Waals surface area contributed by atoms with Crippen molar-refractivity contribution >= 4 is 16.8 Å². The molecule has 6 heteroatoms. The third-order valence-electron chi connectivity index (χ3n) is 5.66. The minimum absolute atomic E-state index is 0.0432. The van der Waals surface area contributed by atoms with E-state index in [1.165, 1.54) is 5.56 Å². The van der Waals surface area contributed by atoms with E-state index in [-0.39, 0.29) is 24.1 Å². The van der Waals surface area contributed by atoms with Gasteiger partial charge in [-0.15, -0.1) is 0 Å². The van der Waals surface area contributed by atoms with Crippen LogP contribution in [0.5, 0.6) is 0 Å². The van der Waals surface area contributed by atoms with Gasteiger partial charge in [-0.1, -0.05) is 43.3 Å². The fraction of sp³-hybridized carbons (Fsp3) is 0.375. The Labute approximate surface area is 177 Å². The number of benzene rings is 2. The van der Waals surface area contributed by atoms with Crippen molar-refractivity contribution in [2.24, 2.45) is 0 Å². The van der Waals surface area contributed by atoms with Crippen molar-refractivity contribution in [2.75, 3.05) is 13.6 Å². The fourth-order valence-corrected chi connectivity index (χ4v) is 3.45. The Bertz CT molecular complexity index is 1080. The molecular weight excluding hydrogens is 376 g/mol. The van der Waals surface area contributed by atoms with E-state index in [4.69, 9.17) is 0 Å². The molecule has 158 valence electrons. The highest BCUT2D eigenvalue weighted by Crippen LogP contribution is 2.13. The van der Waals surface area contributed by atoms with E-state index in [0.717, 1.165) is 12.0 Å². The van der Waals surface area contributed by atoms with E-state index >= 15 is 0 Å². The van der Waals surface area contributed by atoms with Crippen LogP contribution in [-0.4, -0.2) is 45.3 Å². The van der Waals surface area contributed by atoms with E-state index in [0.29, 0.717) is 29.8 Å². The number of H-pyrrole nitrogens is 1. The largest absolute Gasteiger partial charge is 0.340 e. The quantitative estimate of drug-likeness (QED) is 0.622. The van der Waals surface area contributed by atoms with Crippen LogP contribution in [0.3, 0.4) is 0 Å². The molecule has 0 aliphatic heterocycles. The molecule has 0 bridgehead atoms. The van der Waals surface area contributed by atoms with E-state index in [1.54, 1.807) is 11.0 Å². The van der Waals surface area contributed by atoms with Gasteiger partial charge >= 0.3 is 0 Å². The zero-order chi connectivity index (χ0) is 21.7. The number of nitrogens with one attached hydrogen (secondary N) is 1. The van der Waals surface area contributed by atoms with Crippen LogP contribution in [0, 0.1) is 6.92 Å². The SMILES string of the molecule is CCC(C)N(CC(=O)N(C)Cc1ccccc1C)Cc1nc2ccccc2c(=O)[nH]1. The maximum absolute atomic E-state index is 13.0. The van der Waals surface area contributed by atoms with Gasteiger partial charge in [-0.25, -0.2) is 4.98 Å². The lowest BCUT2D eigenvalue weighted by Crippen LogP contribution is -2.42. The van der Waals surface area contributed by atoms with Crippen LogP contribution in [-0.2, 0) is 17.9 Å². The molecule has 1 N–H and O–H groups in total. The molecule has 0 spiro atoms. The number of carbonyl (C=O) groups is 1. The summed E-state index contributed by atoms with van der Waals surface area (Å²) in [5.41, 5.74) is 2.84. The van der Waals surface area contributed by atoms with Gasteiger partial charge in [0.05, 0.1) is 24.0 Å². The van der Waals surface area contributed by atoms with Gasteiger partial charge in [0, 0.05) is 19.6 Å². The lowest BCUT2D eigenvalue weighted by Gasteiger charge is -2.29. The summed E-state index contributed by atoms with van der Waals surface area (Å²) in [5.74, 6) is 0.620. The van der Waals surface area contributed by atoms with Crippen LogP contribution < -0.4 is 5.56 Å². The number of hydrogen-bond donors (Lipinski definition) is 1. The van der Waals surface area contributed by atoms with Gasteiger partial charge in [0.2, 0.25) is 5.91 Å². The average Bonchev–Trinajstić information content (AvgIpc) is 2.74. The molecule has 0 aliphatic carbocycles. The Morgan fingerprint density at radius 2 is 1.80 bits per heavy atom. The topological polar surface area (TPSA) is 69.3 Å². The van der Waals surface area contributed by atoms with Crippen molar-refractivity contribution in [3.63, 3.8) is 0 Å². The summed E-state index contributed by atoms with van der Waals surface area (Å²) in [6.07, 6.45) is 0.895. The molecule has 1 heterocycles. The molecule has 0 fully saturated rings. The smallest absolute Gasteiger partial charge is 0.258 e. The first-order chi connectivity index (χ1) is 14.4. The van der Waals surface area contributed by atoms with Gasteiger partial charge in [0.25, 0.3) is 5.56 Å². The molecule has 1 amide bonds. The Morgan fingerprint density at radius 1 is 1.10 bits per heavy atom. The molecule has 1 atom stereocenters. The van der Waals surface area contributed by atoms with Crippen LogP contribution in [0.1, 0.15) is 37.2 Å². The second-order valence-electron chi connectivity index (χ2n) is 7.87. The van der Waals surface area contributed by atoms with Gasteiger partial charge in [-0.05, 0) is 43.5 Å². The number of aromatic nitrogens is 2. The highest BCUT2D eigenvalue weighted by atomic mass is 16.2. The number of fused-ring (bicyclic) bond motifs is 1. The number of carbonyl (C=O) groups excluding carboxylic acids is 1. The number of para-hydroxylation sites is 1. The molecule has 1 unspecified atom stereocenters. The van der Waals surface area contributed by atoms with E-state index in [9.17, 15) is 9.59 Å². The molecule has 30 heavy (non-hydrogen) atoms. The molecule has 6 nitrogen and oxygen atoms in total. The number of nitrogens with zero attached hydrogens (tertiary/aromatic N) is 3. The first-order valence-electron chi connectivity index (χ1n) is 10.4. The zero-order valence-corrected chi connectivity index (χ0v) is 18.2. The van der Waals surface area contributed by atoms with Gasteiger partial charge in [-0.2, -0.15) is 0 Å². The summed E-state index contributed by atoms with van der Waals surface area (Å²) >= 11 is 0. The standard InChI is InChI=1S/C24H30N4O2/c1-5-18(3)28(15-22-25-21-13-9-8-12-20(21)24(30)26-22)16-23(29)27(4)14-19-11-7-6-10-17(19)2/h6-13,18H,5,14-16H2,1-4H3,(H,25,26,30). The second kappa shape index (κ2) is 9.67. The van der Waals surface area contributed by atoms with Crippen molar-refractivity contribution in [1.82, 2.24) is 19.8 Å². The minimum atomic E-state index is -0.150. The normalized spacial score (nSPS) is 12.3. The fourth-order valence-electron chi connectivity index (χ4n) is 3.45. The number of rotatable bonds is 8. The Kier molecular flexibility index (Phi) is 7.00. The first-order valence-corrected chi connectivity index (χ1v) is 10.4. The van der Waals surface area contributed by atoms with Gasteiger partial charge in [0.15, 0.2) is 0 Å². The molecule has 1 aromatic heterocycles. The molecule has 0 aliphatic rings. The molecule has 3 rings (SSSR count). The van der Waals surface area contributed by atoms with Crippen LogP contribution in [0.2, 0.25) is 0 Å². The summed E-state index contributed by atoms with van der Waals surface area (Å²) in [6.45, 7) is 7.50. The Morgan fingerprint density at radius 3 is 2.53 bits per heavy atom. The van der Waals surface area contributed by atoms with Crippen LogP contribution in [0.4, 0.5) is 0 Å². The number of likely N-dealkylation sites (N-methyl/N-ethyl adjacent to an activating group) is 1. The first kappa shape index (κ1) is 21.7. The van der Waals surface area contributed by atoms with E-state index in [2.05, 4.69) is 47.8 Å². The number of hydrogen-bond acceptors (Lipinski definition) is 4. The summed E-state index contributed by atoms with van der Waals surface area (Å²) in [4.78, 5) is 36.7. The summed E-state index contributed by atoms with van der Waals surface area (Å²) in [5, 5.41) is 0.574. The molecule has 0 saturated carbocycles. The van der Waals surface area contributed by atoms with Crippen molar-refractivity contribution in [2.45, 2.75) is 46.3 Å². The monoisotopic (exact) mass is 406 g/mol. The van der Waals surface area contributed by atoms with Crippen molar-refractivity contribution in [1.29, 1.82) is 0 Å². The third-order valence-corrected chi connectivity index (χ3v) is 5.66.